The molecule has 0 unspecified atom stereocenters. The lowest BCUT2D eigenvalue weighted by Gasteiger charge is -2.09. The highest BCUT2D eigenvalue weighted by Crippen LogP contribution is 2.29. The SMILES string of the molecule is COc1ccccc1NC(=O)c1sc2ncn(Cc3ccc(C(C)C)cc3)c(=O)c2c1C. The lowest BCUT2D eigenvalue weighted by molar-refractivity contribution is 0.102. The molecule has 6 nitrogen and oxygen atoms in total. The summed E-state index contributed by atoms with van der Waals surface area (Å²) in [5, 5.41) is 3.37. The second-order valence-corrected chi connectivity index (χ2v) is 8.96. The molecular weight excluding hydrogens is 422 g/mol. The molecule has 0 atom stereocenters. The summed E-state index contributed by atoms with van der Waals surface area (Å²) in [5.41, 5.74) is 3.35. The van der Waals surface area contributed by atoms with Gasteiger partial charge in [0.15, 0.2) is 0 Å². The van der Waals surface area contributed by atoms with E-state index < -0.39 is 0 Å². The van der Waals surface area contributed by atoms with Crippen molar-refractivity contribution in [1.82, 2.24) is 9.55 Å². The number of aromatic nitrogens is 2. The predicted molar refractivity (Wildman–Crippen MR) is 129 cm³/mol. The van der Waals surface area contributed by atoms with Crippen LogP contribution in [0.5, 0.6) is 5.75 Å². The Morgan fingerprint density at radius 1 is 1.16 bits per heavy atom. The van der Waals surface area contributed by atoms with Gasteiger partial charge in [0, 0.05) is 0 Å². The van der Waals surface area contributed by atoms with E-state index in [0.717, 1.165) is 5.56 Å². The van der Waals surface area contributed by atoms with Gasteiger partial charge < -0.3 is 10.1 Å². The molecule has 0 bridgehead atoms. The average Bonchev–Trinajstić information content (AvgIpc) is 3.13. The summed E-state index contributed by atoms with van der Waals surface area (Å²) >= 11 is 1.22. The number of nitrogens with one attached hydrogen (secondary N) is 1. The number of thiophene rings is 1. The summed E-state index contributed by atoms with van der Waals surface area (Å²) in [6, 6.07) is 15.5. The molecule has 2 aromatic heterocycles. The summed E-state index contributed by atoms with van der Waals surface area (Å²) in [7, 11) is 1.55. The van der Waals surface area contributed by atoms with Gasteiger partial charge in [0.25, 0.3) is 11.5 Å². The van der Waals surface area contributed by atoms with E-state index in [1.165, 1.54) is 16.9 Å². The number of rotatable bonds is 6. The summed E-state index contributed by atoms with van der Waals surface area (Å²) in [6.07, 6.45) is 1.55. The van der Waals surface area contributed by atoms with Crippen LogP contribution >= 0.6 is 11.3 Å². The zero-order chi connectivity index (χ0) is 22.8. The van der Waals surface area contributed by atoms with Crippen LogP contribution in [0.4, 0.5) is 5.69 Å². The van der Waals surface area contributed by atoms with E-state index in [2.05, 4.69) is 36.3 Å². The van der Waals surface area contributed by atoms with Gasteiger partial charge in [0.1, 0.15) is 10.6 Å². The molecule has 0 aliphatic heterocycles. The number of carbonyl (C=O) groups is 1. The Hall–Kier alpha value is -3.45. The van der Waals surface area contributed by atoms with Gasteiger partial charge in [-0.3, -0.25) is 14.2 Å². The van der Waals surface area contributed by atoms with Crippen LogP contribution < -0.4 is 15.6 Å². The summed E-state index contributed by atoms with van der Waals surface area (Å²) in [4.78, 5) is 31.6. The third-order valence-electron chi connectivity index (χ3n) is 5.48. The van der Waals surface area contributed by atoms with E-state index in [4.69, 9.17) is 4.74 Å². The van der Waals surface area contributed by atoms with E-state index in [1.54, 1.807) is 37.1 Å². The number of anilines is 1. The van der Waals surface area contributed by atoms with Crippen LogP contribution in [0.25, 0.3) is 10.2 Å². The van der Waals surface area contributed by atoms with Gasteiger partial charge in [-0.05, 0) is 41.7 Å². The molecule has 4 aromatic rings. The van der Waals surface area contributed by atoms with E-state index in [1.807, 2.05) is 24.3 Å². The largest absolute Gasteiger partial charge is 0.495 e. The monoisotopic (exact) mass is 447 g/mol. The van der Waals surface area contributed by atoms with Gasteiger partial charge in [0.2, 0.25) is 0 Å². The smallest absolute Gasteiger partial charge is 0.266 e. The van der Waals surface area contributed by atoms with Crippen LogP contribution in [0, 0.1) is 6.92 Å². The average molecular weight is 448 g/mol. The van der Waals surface area contributed by atoms with Crippen LogP contribution in [-0.4, -0.2) is 22.6 Å². The molecule has 2 aromatic carbocycles. The minimum Gasteiger partial charge on any atom is -0.495 e. The van der Waals surface area contributed by atoms with E-state index in [-0.39, 0.29) is 11.5 Å². The maximum atomic E-state index is 13.2. The fraction of sp³-hybridized carbons (Fsp3) is 0.240. The standard InChI is InChI=1S/C25H25N3O3S/c1-15(2)18-11-9-17(10-12-18)13-28-14-26-24-21(25(28)30)16(3)22(32-24)23(29)27-19-7-5-6-8-20(19)31-4/h5-12,14-15H,13H2,1-4H3,(H,27,29). The van der Waals surface area contributed by atoms with Crippen molar-refractivity contribution in [3.63, 3.8) is 0 Å². The maximum absolute atomic E-state index is 13.2. The second-order valence-electron chi connectivity index (χ2n) is 7.96. The van der Waals surface area contributed by atoms with Gasteiger partial charge in [-0.15, -0.1) is 11.3 Å². The molecular formula is C25H25N3O3S. The minimum atomic E-state index is -0.287. The number of carbonyl (C=O) groups excluding carboxylic acids is 1. The van der Waals surface area contributed by atoms with Crippen molar-refractivity contribution in [1.29, 1.82) is 0 Å². The molecule has 7 heteroatoms. The first-order valence-electron chi connectivity index (χ1n) is 10.4. The molecule has 0 fully saturated rings. The number of amides is 1. The summed E-state index contributed by atoms with van der Waals surface area (Å²) < 4.78 is 6.90. The van der Waals surface area contributed by atoms with E-state index in [0.29, 0.717) is 44.6 Å². The molecule has 0 aliphatic carbocycles. The maximum Gasteiger partial charge on any atom is 0.266 e. The number of aryl methyl sites for hydroxylation is 1. The number of benzene rings is 2. The quantitative estimate of drug-likeness (QED) is 0.441. The first kappa shape index (κ1) is 21.8. The minimum absolute atomic E-state index is 0.145. The van der Waals surface area contributed by atoms with Crippen molar-refractivity contribution in [3.8, 4) is 5.75 Å². The Morgan fingerprint density at radius 2 is 1.88 bits per heavy atom. The highest BCUT2D eigenvalue weighted by atomic mass is 32.1. The third kappa shape index (κ3) is 4.16. The molecule has 1 N–H and O–H groups in total. The van der Waals surface area contributed by atoms with E-state index in [9.17, 15) is 9.59 Å². The van der Waals surface area contributed by atoms with Crippen molar-refractivity contribution in [2.45, 2.75) is 33.2 Å². The van der Waals surface area contributed by atoms with Crippen LogP contribution in [0.2, 0.25) is 0 Å². The first-order chi connectivity index (χ1) is 15.4. The number of ether oxygens (including phenoxy) is 1. The van der Waals surface area contributed by atoms with Crippen molar-refractivity contribution < 1.29 is 9.53 Å². The van der Waals surface area contributed by atoms with Crippen LogP contribution in [0.3, 0.4) is 0 Å². The zero-order valence-corrected chi connectivity index (χ0v) is 19.3. The summed E-state index contributed by atoms with van der Waals surface area (Å²) in [6.45, 7) is 6.52. The molecule has 2 heterocycles. The van der Waals surface area contributed by atoms with Gasteiger partial charge in [-0.2, -0.15) is 0 Å². The van der Waals surface area contributed by atoms with Crippen molar-refractivity contribution in [2.24, 2.45) is 0 Å². The number of methoxy groups -OCH3 is 1. The second kappa shape index (κ2) is 8.96. The van der Waals surface area contributed by atoms with Gasteiger partial charge >= 0.3 is 0 Å². The third-order valence-corrected chi connectivity index (χ3v) is 6.68. The van der Waals surface area contributed by atoms with Gasteiger partial charge in [0.05, 0.1) is 35.9 Å². The first-order valence-corrected chi connectivity index (χ1v) is 11.2. The van der Waals surface area contributed by atoms with Crippen molar-refractivity contribution in [3.05, 3.63) is 86.8 Å². The Bertz CT molecular complexity index is 1340. The molecule has 4 rings (SSSR count). The number of fused-ring (bicyclic) bond motifs is 1. The van der Waals surface area contributed by atoms with E-state index >= 15 is 0 Å². The molecule has 0 saturated carbocycles. The molecule has 0 spiro atoms. The fourth-order valence-corrected chi connectivity index (χ4v) is 4.65. The number of hydrogen-bond acceptors (Lipinski definition) is 5. The Labute approximate surface area is 190 Å². The molecule has 32 heavy (non-hydrogen) atoms. The zero-order valence-electron chi connectivity index (χ0n) is 18.5. The van der Waals surface area contributed by atoms with Crippen LogP contribution in [-0.2, 0) is 6.54 Å². The molecule has 164 valence electrons. The van der Waals surface area contributed by atoms with Crippen molar-refractivity contribution in [2.75, 3.05) is 12.4 Å². The number of para-hydroxylation sites is 2. The lowest BCUT2D eigenvalue weighted by Crippen LogP contribution is -2.21. The predicted octanol–water partition coefficient (Wildman–Crippen LogP) is 5.20. The summed E-state index contributed by atoms with van der Waals surface area (Å²) in [5.74, 6) is 0.743. The Balaban J connectivity index is 1.65. The molecule has 0 radical (unpaired) electrons. The van der Waals surface area contributed by atoms with Crippen LogP contribution in [0.15, 0.2) is 59.7 Å². The number of nitrogens with zero attached hydrogens (tertiary/aromatic N) is 2. The molecule has 1 amide bonds. The Kier molecular flexibility index (Phi) is 6.10. The van der Waals surface area contributed by atoms with Gasteiger partial charge in [-0.1, -0.05) is 50.2 Å². The topological polar surface area (TPSA) is 73.2 Å². The molecule has 0 aliphatic rings. The van der Waals surface area contributed by atoms with Crippen molar-refractivity contribution >= 4 is 33.1 Å². The number of hydrogen-bond donors (Lipinski definition) is 1. The highest BCUT2D eigenvalue weighted by molar-refractivity contribution is 7.20. The fourth-order valence-electron chi connectivity index (χ4n) is 3.62. The van der Waals surface area contributed by atoms with Crippen LogP contribution in [0.1, 0.15) is 46.1 Å². The molecule has 0 saturated heterocycles. The van der Waals surface area contributed by atoms with Gasteiger partial charge in [-0.25, -0.2) is 4.98 Å². The Morgan fingerprint density at radius 3 is 2.56 bits per heavy atom. The normalized spacial score (nSPS) is 11.2. The highest BCUT2D eigenvalue weighted by Gasteiger charge is 2.20. The lowest BCUT2D eigenvalue weighted by atomic mass is 10.0.